The van der Waals surface area contributed by atoms with Gasteiger partial charge < -0.3 is 9.80 Å². The molecule has 0 spiro atoms. The Balaban J connectivity index is 1.60. The highest BCUT2D eigenvalue weighted by molar-refractivity contribution is 5.77. The predicted molar refractivity (Wildman–Crippen MR) is 149 cm³/mol. The molecule has 6 nitrogen and oxygen atoms in total. The Hall–Kier alpha value is -3.15. The zero-order valence-corrected chi connectivity index (χ0v) is 24.8. The van der Waals surface area contributed by atoms with Crippen LogP contribution in [0.3, 0.4) is 0 Å². The minimum absolute atomic E-state index is 0.0135. The van der Waals surface area contributed by atoms with Crippen LogP contribution in [0, 0.1) is 11.3 Å². The van der Waals surface area contributed by atoms with E-state index in [2.05, 4.69) is 4.98 Å². The first-order valence-electron chi connectivity index (χ1n) is 14.4. The van der Waals surface area contributed by atoms with Gasteiger partial charge in [0.05, 0.1) is 22.9 Å². The van der Waals surface area contributed by atoms with E-state index in [1.807, 2.05) is 30.6 Å². The predicted octanol–water partition coefficient (Wildman–Crippen LogP) is 6.42. The standard InChI is InChI=1S/C31H38F6N4O2/c1-20(42)39-13-11-21(12-14-39)17-27(43)41-16-15-40(19-26(41)29(2,3)4)28(22-5-7-23(8-6-22)30(32,33)34)25-10-9-24(18-38-25)31(35,36)37/h5-10,18,21,26,28H,11-17,19H2,1-4H3/t26-,28?/m1/s1. The Bertz CT molecular complexity index is 1210. The normalized spacial score (nSPS) is 20.3. The largest absolute Gasteiger partial charge is 0.417 e. The van der Waals surface area contributed by atoms with Crippen LogP contribution >= 0.6 is 0 Å². The fourth-order valence-corrected chi connectivity index (χ4v) is 6.05. The third-order valence-corrected chi connectivity index (χ3v) is 8.57. The number of halogens is 6. The molecular weight excluding hydrogens is 574 g/mol. The number of alkyl halides is 6. The number of aromatic nitrogens is 1. The highest BCUT2D eigenvalue weighted by Crippen LogP contribution is 2.38. The molecule has 43 heavy (non-hydrogen) atoms. The number of piperazine rings is 1. The molecule has 0 saturated carbocycles. The van der Waals surface area contributed by atoms with E-state index >= 15 is 0 Å². The fraction of sp³-hybridized carbons (Fsp3) is 0.581. The maximum atomic E-state index is 13.6. The first-order valence-corrected chi connectivity index (χ1v) is 14.4. The smallest absolute Gasteiger partial charge is 0.343 e. The van der Waals surface area contributed by atoms with Gasteiger partial charge in [-0.05, 0) is 54.0 Å². The van der Waals surface area contributed by atoms with Crippen LogP contribution in [0.1, 0.15) is 75.4 Å². The van der Waals surface area contributed by atoms with Crippen molar-refractivity contribution in [1.29, 1.82) is 0 Å². The van der Waals surface area contributed by atoms with E-state index in [1.165, 1.54) is 25.1 Å². The van der Waals surface area contributed by atoms with Crippen molar-refractivity contribution in [3.8, 4) is 0 Å². The number of hydrogen-bond donors (Lipinski definition) is 0. The Morgan fingerprint density at radius 3 is 1.93 bits per heavy atom. The molecule has 3 heterocycles. The average molecular weight is 613 g/mol. The molecule has 0 radical (unpaired) electrons. The molecule has 0 N–H and O–H groups in total. The number of amides is 2. The van der Waals surface area contributed by atoms with Crippen molar-refractivity contribution in [3.05, 3.63) is 65.0 Å². The van der Waals surface area contributed by atoms with Crippen molar-refractivity contribution in [1.82, 2.24) is 19.7 Å². The number of carbonyl (C=O) groups excluding carboxylic acids is 2. The third-order valence-electron chi connectivity index (χ3n) is 8.57. The van der Waals surface area contributed by atoms with Gasteiger partial charge in [-0.25, -0.2) is 0 Å². The summed E-state index contributed by atoms with van der Waals surface area (Å²) in [6, 6.07) is 5.81. The van der Waals surface area contributed by atoms with E-state index in [0.29, 0.717) is 44.7 Å². The number of piperidine rings is 1. The lowest BCUT2D eigenvalue weighted by atomic mass is 9.82. The number of hydrogen-bond acceptors (Lipinski definition) is 4. The average Bonchev–Trinajstić information content (AvgIpc) is 2.92. The molecule has 1 aromatic carbocycles. The summed E-state index contributed by atoms with van der Waals surface area (Å²) in [5.41, 5.74) is -1.38. The van der Waals surface area contributed by atoms with Crippen LogP contribution in [0.15, 0.2) is 42.6 Å². The number of pyridine rings is 1. The van der Waals surface area contributed by atoms with Crippen molar-refractivity contribution in [2.24, 2.45) is 11.3 Å². The first kappa shape index (κ1) is 32.8. The van der Waals surface area contributed by atoms with Gasteiger partial charge in [0.25, 0.3) is 0 Å². The number of benzene rings is 1. The molecule has 0 aliphatic carbocycles. The summed E-state index contributed by atoms with van der Waals surface area (Å²) in [7, 11) is 0. The molecular formula is C31H38F6N4O2. The quantitative estimate of drug-likeness (QED) is 0.366. The summed E-state index contributed by atoms with van der Waals surface area (Å²) < 4.78 is 79.7. The van der Waals surface area contributed by atoms with Crippen LogP contribution in [0.5, 0.6) is 0 Å². The lowest BCUT2D eigenvalue weighted by molar-refractivity contribution is -0.141. The molecule has 12 heteroatoms. The number of likely N-dealkylation sites (tertiary alicyclic amines) is 1. The molecule has 2 aliphatic heterocycles. The lowest BCUT2D eigenvalue weighted by Crippen LogP contribution is -2.60. The molecule has 1 unspecified atom stereocenters. The van der Waals surface area contributed by atoms with Crippen LogP contribution in [-0.4, -0.2) is 70.3 Å². The summed E-state index contributed by atoms with van der Waals surface area (Å²) >= 11 is 0. The molecule has 4 rings (SSSR count). The van der Waals surface area contributed by atoms with Gasteiger partial charge in [0.1, 0.15) is 0 Å². The van der Waals surface area contributed by atoms with E-state index in [9.17, 15) is 35.9 Å². The summed E-state index contributed by atoms with van der Waals surface area (Å²) in [4.78, 5) is 35.1. The summed E-state index contributed by atoms with van der Waals surface area (Å²) in [6.45, 7) is 9.88. The number of rotatable bonds is 5. The topological polar surface area (TPSA) is 56.8 Å². The molecule has 2 aromatic rings. The van der Waals surface area contributed by atoms with Crippen LogP contribution in [0.25, 0.3) is 0 Å². The summed E-state index contributed by atoms with van der Waals surface area (Å²) in [6.07, 6.45) is -6.51. The maximum absolute atomic E-state index is 13.6. The van der Waals surface area contributed by atoms with Gasteiger partial charge in [0.2, 0.25) is 11.8 Å². The van der Waals surface area contributed by atoms with Crippen LogP contribution in [-0.2, 0) is 21.9 Å². The van der Waals surface area contributed by atoms with E-state index < -0.39 is 29.5 Å². The number of nitrogens with zero attached hydrogens (tertiary/aromatic N) is 4. The van der Waals surface area contributed by atoms with Crippen molar-refractivity contribution in [2.45, 2.75) is 71.4 Å². The Morgan fingerprint density at radius 1 is 0.860 bits per heavy atom. The van der Waals surface area contributed by atoms with Gasteiger partial charge in [-0.15, -0.1) is 0 Å². The Kier molecular flexibility index (Phi) is 9.49. The van der Waals surface area contributed by atoms with E-state index in [1.54, 1.807) is 4.90 Å². The molecule has 0 bridgehead atoms. The van der Waals surface area contributed by atoms with Gasteiger partial charge >= 0.3 is 12.4 Å². The van der Waals surface area contributed by atoms with Crippen LogP contribution < -0.4 is 0 Å². The van der Waals surface area contributed by atoms with Crippen LogP contribution in [0.2, 0.25) is 0 Å². The molecule has 2 saturated heterocycles. The molecule has 2 amide bonds. The second-order valence-electron chi connectivity index (χ2n) is 12.6. The number of carbonyl (C=O) groups is 2. The molecule has 2 fully saturated rings. The van der Waals surface area contributed by atoms with Crippen molar-refractivity contribution in [3.63, 3.8) is 0 Å². The zero-order chi connectivity index (χ0) is 31.7. The lowest BCUT2D eigenvalue weighted by Gasteiger charge is -2.49. The second kappa shape index (κ2) is 12.5. The van der Waals surface area contributed by atoms with E-state index in [-0.39, 0.29) is 34.9 Å². The molecule has 1 aromatic heterocycles. The van der Waals surface area contributed by atoms with Crippen LogP contribution in [0.4, 0.5) is 26.3 Å². The van der Waals surface area contributed by atoms with Gasteiger partial charge in [-0.3, -0.25) is 19.5 Å². The van der Waals surface area contributed by atoms with Gasteiger partial charge in [-0.2, -0.15) is 26.3 Å². The SMILES string of the molecule is CC(=O)N1CCC(CC(=O)N2CCN(C(c3ccc(C(F)(F)F)cc3)c3ccc(C(F)(F)F)cn3)C[C@@H]2C(C)(C)C)CC1. The van der Waals surface area contributed by atoms with E-state index in [4.69, 9.17) is 0 Å². The minimum Gasteiger partial charge on any atom is -0.343 e. The van der Waals surface area contributed by atoms with Crippen molar-refractivity contribution >= 4 is 11.8 Å². The van der Waals surface area contributed by atoms with Crippen molar-refractivity contribution in [2.75, 3.05) is 32.7 Å². The highest BCUT2D eigenvalue weighted by Gasteiger charge is 2.41. The third kappa shape index (κ3) is 7.87. The zero-order valence-electron chi connectivity index (χ0n) is 24.8. The fourth-order valence-electron chi connectivity index (χ4n) is 6.05. The summed E-state index contributed by atoms with van der Waals surface area (Å²) in [5.74, 6) is 0.205. The minimum atomic E-state index is -4.58. The molecule has 2 aliphatic rings. The van der Waals surface area contributed by atoms with Gasteiger partial charge in [0, 0.05) is 58.3 Å². The van der Waals surface area contributed by atoms with Crippen molar-refractivity contribution < 1.29 is 35.9 Å². The summed E-state index contributed by atoms with van der Waals surface area (Å²) in [5, 5.41) is 0. The Morgan fingerprint density at radius 2 is 1.44 bits per heavy atom. The Labute approximate surface area is 248 Å². The molecule has 2 atom stereocenters. The van der Waals surface area contributed by atoms with E-state index in [0.717, 1.165) is 37.2 Å². The van der Waals surface area contributed by atoms with Gasteiger partial charge in [-0.1, -0.05) is 32.9 Å². The maximum Gasteiger partial charge on any atom is 0.417 e. The monoisotopic (exact) mass is 612 g/mol. The highest BCUT2D eigenvalue weighted by atomic mass is 19.4. The van der Waals surface area contributed by atoms with Gasteiger partial charge in [0.15, 0.2) is 0 Å². The first-order chi connectivity index (χ1) is 19.9. The molecule has 236 valence electrons. The second-order valence-corrected chi connectivity index (χ2v) is 12.6.